The maximum Gasteiger partial charge on any atom is 0.141 e. The lowest BCUT2D eigenvalue weighted by Crippen LogP contribution is -2.25. The number of nitrogens with one attached hydrogen (secondary N) is 1. The van der Waals surface area contributed by atoms with Crippen LogP contribution in [0.5, 0.6) is 5.75 Å². The third kappa shape index (κ3) is 3.07. The van der Waals surface area contributed by atoms with E-state index in [1.54, 1.807) is 0 Å². The number of ether oxygens (including phenoxy) is 1. The van der Waals surface area contributed by atoms with Gasteiger partial charge in [-0.2, -0.15) is 5.10 Å². The SMILES string of the molecule is Brc1cnc2c(c1OCc1ccn(-c3ccccc3)n1)CNCC2. The van der Waals surface area contributed by atoms with Crippen LogP contribution in [0.1, 0.15) is 17.0 Å². The van der Waals surface area contributed by atoms with Gasteiger partial charge in [-0.05, 0) is 34.1 Å². The lowest BCUT2D eigenvalue weighted by Gasteiger charge is -2.20. The van der Waals surface area contributed by atoms with Crippen molar-refractivity contribution >= 4 is 15.9 Å². The van der Waals surface area contributed by atoms with Crippen molar-refractivity contribution in [2.24, 2.45) is 0 Å². The monoisotopic (exact) mass is 384 g/mol. The van der Waals surface area contributed by atoms with Crippen molar-refractivity contribution in [3.63, 3.8) is 0 Å². The minimum atomic E-state index is 0.425. The number of fused-ring (bicyclic) bond motifs is 1. The molecule has 5 nitrogen and oxygen atoms in total. The third-order valence-corrected chi connectivity index (χ3v) is 4.61. The van der Waals surface area contributed by atoms with Crippen LogP contribution in [-0.2, 0) is 19.6 Å². The molecule has 0 atom stereocenters. The number of para-hydroxylation sites is 1. The second kappa shape index (κ2) is 6.75. The second-order valence-corrected chi connectivity index (χ2v) is 6.52. The number of hydrogen-bond donors (Lipinski definition) is 1. The summed E-state index contributed by atoms with van der Waals surface area (Å²) < 4.78 is 8.81. The van der Waals surface area contributed by atoms with E-state index in [4.69, 9.17) is 4.74 Å². The van der Waals surface area contributed by atoms with Crippen molar-refractivity contribution in [1.82, 2.24) is 20.1 Å². The van der Waals surface area contributed by atoms with E-state index in [9.17, 15) is 0 Å². The number of nitrogens with zero attached hydrogens (tertiary/aromatic N) is 3. The van der Waals surface area contributed by atoms with Crippen LogP contribution in [-0.4, -0.2) is 21.3 Å². The number of benzene rings is 1. The molecule has 0 bridgehead atoms. The Bertz CT molecular complexity index is 847. The number of hydrogen-bond acceptors (Lipinski definition) is 4. The van der Waals surface area contributed by atoms with Gasteiger partial charge in [0.1, 0.15) is 18.1 Å². The average molecular weight is 385 g/mol. The predicted octanol–water partition coefficient (Wildman–Crippen LogP) is 3.25. The molecule has 0 spiro atoms. The second-order valence-electron chi connectivity index (χ2n) is 5.66. The predicted molar refractivity (Wildman–Crippen MR) is 95.2 cm³/mol. The van der Waals surface area contributed by atoms with Gasteiger partial charge in [0.05, 0.1) is 10.2 Å². The van der Waals surface area contributed by atoms with Crippen molar-refractivity contribution in [1.29, 1.82) is 0 Å². The summed E-state index contributed by atoms with van der Waals surface area (Å²) in [6.07, 6.45) is 4.70. The Balaban J connectivity index is 1.53. The summed E-state index contributed by atoms with van der Waals surface area (Å²) in [4.78, 5) is 4.49. The van der Waals surface area contributed by atoms with Gasteiger partial charge in [0.2, 0.25) is 0 Å². The van der Waals surface area contributed by atoms with E-state index in [-0.39, 0.29) is 0 Å². The minimum absolute atomic E-state index is 0.425. The molecular weight excluding hydrogens is 368 g/mol. The van der Waals surface area contributed by atoms with E-state index >= 15 is 0 Å². The summed E-state index contributed by atoms with van der Waals surface area (Å²) in [5.74, 6) is 0.862. The van der Waals surface area contributed by atoms with Crippen LogP contribution in [0.2, 0.25) is 0 Å². The molecule has 24 heavy (non-hydrogen) atoms. The van der Waals surface area contributed by atoms with Gasteiger partial charge >= 0.3 is 0 Å². The Morgan fingerprint density at radius 1 is 1.21 bits per heavy atom. The fourth-order valence-corrected chi connectivity index (χ4v) is 3.29. The molecular formula is C18H17BrN4O. The lowest BCUT2D eigenvalue weighted by atomic mass is 10.1. The summed E-state index contributed by atoms with van der Waals surface area (Å²) in [6, 6.07) is 12.0. The van der Waals surface area contributed by atoms with Crippen LogP contribution in [0.3, 0.4) is 0 Å². The van der Waals surface area contributed by atoms with Gasteiger partial charge in [-0.15, -0.1) is 0 Å². The normalized spacial score (nSPS) is 13.5. The van der Waals surface area contributed by atoms with Crippen LogP contribution >= 0.6 is 15.9 Å². The molecule has 1 aliphatic rings. The van der Waals surface area contributed by atoms with E-state index in [0.29, 0.717) is 6.61 Å². The number of rotatable bonds is 4. The highest BCUT2D eigenvalue weighted by Gasteiger charge is 2.18. The van der Waals surface area contributed by atoms with Gasteiger partial charge in [-0.25, -0.2) is 4.68 Å². The first-order valence-corrected chi connectivity index (χ1v) is 8.70. The zero-order valence-corrected chi connectivity index (χ0v) is 14.7. The average Bonchev–Trinajstić information content (AvgIpc) is 3.11. The molecule has 0 saturated heterocycles. The molecule has 3 heterocycles. The molecule has 0 unspecified atom stereocenters. The smallest absolute Gasteiger partial charge is 0.141 e. The highest BCUT2D eigenvalue weighted by molar-refractivity contribution is 9.10. The summed E-state index contributed by atoms with van der Waals surface area (Å²) in [6.45, 7) is 2.17. The summed E-state index contributed by atoms with van der Waals surface area (Å²) in [5.41, 5.74) is 4.18. The van der Waals surface area contributed by atoms with Gasteiger partial charge in [-0.3, -0.25) is 4.98 Å². The van der Waals surface area contributed by atoms with Crippen molar-refractivity contribution in [3.05, 3.63) is 70.2 Å². The van der Waals surface area contributed by atoms with Gasteiger partial charge < -0.3 is 10.1 Å². The largest absolute Gasteiger partial charge is 0.486 e. The topological polar surface area (TPSA) is 52.0 Å². The highest BCUT2D eigenvalue weighted by Crippen LogP contribution is 2.32. The van der Waals surface area contributed by atoms with Crippen LogP contribution in [0, 0.1) is 0 Å². The van der Waals surface area contributed by atoms with E-state index in [0.717, 1.165) is 52.4 Å². The molecule has 1 aromatic carbocycles. The van der Waals surface area contributed by atoms with Crippen molar-refractivity contribution < 1.29 is 4.74 Å². The highest BCUT2D eigenvalue weighted by atomic mass is 79.9. The standard InChI is InChI=1S/C18H17BrN4O/c19-16-11-21-17-6-8-20-10-15(17)18(16)24-12-13-7-9-23(22-13)14-4-2-1-3-5-14/h1-5,7,9,11,20H,6,8,10,12H2. The maximum absolute atomic E-state index is 6.07. The Morgan fingerprint density at radius 2 is 2.08 bits per heavy atom. The molecule has 0 amide bonds. The van der Waals surface area contributed by atoms with Crippen LogP contribution in [0.15, 0.2) is 53.3 Å². The molecule has 122 valence electrons. The zero-order chi connectivity index (χ0) is 16.4. The molecule has 3 aromatic rings. The van der Waals surface area contributed by atoms with Gasteiger partial charge in [0.25, 0.3) is 0 Å². The summed E-state index contributed by atoms with van der Waals surface area (Å²) in [5, 5.41) is 7.95. The molecule has 0 aliphatic carbocycles. The van der Waals surface area contributed by atoms with Crippen LogP contribution in [0.25, 0.3) is 5.69 Å². The van der Waals surface area contributed by atoms with Gasteiger partial charge in [0, 0.05) is 43.2 Å². The Morgan fingerprint density at radius 3 is 2.96 bits per heavy atom. The molecule has 1 N–H and O–H groups in total. The quantitative estimate of drug-likeness (QED) is 0.749. The number of pyridine rings is 1. The molecule has 1 aliphatic heterocycles. The zero-order valence-electron chi connectivity index (χ0n) is 13.1. The maximum atomic E-state index is 6.07. The molecule has 6 heteroatoms. The fraction of sp³-hybridized carbons (Fsp3) is 0.222. The number of halogens is 1. The molecule has 0 radical (unpaired) electrons. The Kier molecular flexibility index (Phi) is 4.32. The third-order valence-electron chi connectivity index (χ3n) is 4.04. The van der Waals surface area contributed by atoms with E-state index < -0.39 is 0 Å². The first kappa shape index (κ1) is 15.4. The summed E-state index contributed by atoms with van der Waals surface area (Å²) in [7, 11) is 0. The van der Waals surface area contributed by atoms with Crippen molar-refractivity contribution in [2.45, 2.75) is 19.6 Å². The Hall–Kier alpha value is -2.18. The molecule has 0 fully saturated rings. The molecule has 0 saturated carbocycles. The molecule has 4 rings (SSSR count). The summed E-state index contributed by atoms with van der Waals surface area (Å²) >= 11 is 3.55. The van der Waals surface area contributed by atoms with Crippen molar-refractivity contribution in [2.75, 3.05) is 6.54 Å². The fourth-order valence-electron chi connectivity index (χ4n) is 2.83. The van der Waals surface area contributed by atoms with E-state index in [1.807, 2.05) is 53.5 Å². The first-order valence-electron chi connectivity index (χ1n) is 7.91. The van der Waals surface area contributed by atoms with Crippen LogP contribution in [0.4, 0.5) is 0 Å². The van der Waals surface area contributed by atoms with Gasteiger partial charge in [-0.1, -0.05) is 18.2 Å². The number of aromatic nitrogens is 3. The van der Waals surface area contributed by atoms with Crippen molar-refractivity contribution in [3.8, 4) is 11.4 Å². The minimum Gasteiger partial charge on any atom is -0.486 e. The van der Waals surface area contributed by atoms with Crippen LogP contribution < -0.4 is 10.1 Å². The molecule has 2 aromatic heterocycles. The Labute approximate surface area is 148 Å². The van der Waals surface area contributed by atoms with E-state index in [1.165, 1.54) is 0 Å². The first-order chi connectivity index (χ1) is 11.8. The lowest BCUT2D eigenvalue weighted by molar-refractivity contribution is 0.292. The van der Waals surface area contributed by atoms with Gasteiger partial charge in [0.15, 0.2) is 0 Å². The van der Waals surface area contributed by atoms with E-state index in [2.05, 4.69) is 31.3 Å².